The molecule has 3 aromatic heterocycles. The van der Waals surface area contributed by atoms with Crippen molar-refractivity contribution >= 4 is 44.7 Å². The van der Waals surface area contributed by atoms with Crippen molar-refractivity contribution in [3.8, 4) is 39.4 Å². The van der Waals surface area contributed by atoms with Gasteiger partial charge in [-0.1, -0.05) is 126 Å². The van der Waals surface area contributed by atoms with Crippen molar-refractivity contribution < 1.29 is 5.11 Å². The number of para-hydroxylation sites is 1. The second-order valence-electron chi connectivity index (χ2n) is 14.9. The highest BCUT2D eigenvalue weighted by molar-refractivity contribution is 7.20. The Balaban J connectivity index is 1.44. The third kappa shape index (κ3) is 6.68. The van der Waals surface area contributed by atoms with Crippen molar-refractivity contribution in [1.29, 1.82) is 0 Å². The van der Waals surface area contributed by atoms with E-state index in [-0.39, 0.29) is 23.3 Å². The maximum Gasteiger partial charge on any atom is 0.266 e. The van der Waals surface area contributed by atoms with E-state index in [1.165, 1.54) is 26.7 Å². The second-order valence-corrected chi connectivity index (χ2v) is 15.9. The molecule has 3 heterocycles. The molecule has 0 radical (unpaired) electrons. The summed E-state index contributed by atoms with van der Waals surface area (Å²) in [5.41, 5.74) is 11.5. The minimum absolute atomic E-state index is 0.0212. The van der Waals surface area contributed by atoms with Crippen molar-refractivity contribution in [1.82, 2.24) is 9.97 Å². The Labute approximate surface area is 294 Å². The van der Waals surface area contributed by atoms with E-state index >= 15 is 0 Å². The number of nitrogens with zero attached hydrogens (tertiary/aromatic N) is 2. The minimum atomic E-state index is -0.0536. The van der Waals surface area contributed by atoms with Crippen molar-refractivity contribution in [2.24, 2.45) is 0 Å². The number of phenols is 1. The van der Waals surface area contributed by atoms with Crippen molar-refractivity contribution in [2.75, 3.05) is 0 Å². The van der Waals surface area contributed by atoms with E-state index in [0.29, 0.717) is 5.56 Å². The van der Waals surface area contributed by atoms with E-state index in [1.54, 1.807) is 17.4 Å². The third-order valence-corrected chi connectivity index (χ3v) is 10.3. The highest BCUT2D eigenvalue weighted by Crippen LogP contribution is 2.37. The number of hydrogen-bond donors (Lipinski definition) is 1. The van der Waals surface area contributed by atoms with Gasteiger partial charge in [0.15, 0.2) is 0 Å². The summed E-state index contributed by atoms with van der Waals surface area (Å²) in [6.45, 7) is 13.6. The fourth-order valence-corrected chi connectivity index (χ4v) is 7.46. The standard InChI is InChI=1S/C44H41BN2OS/c1-43(2,3)33-23-31(24-34(28-33)44(4,5)6)32-26-38(47-39(27-32)36-16-7-8-18-40(36)48)30-14-11-15-35(25-30)45(41-19-9-10-21-46-41)37-17-12-13-29-20-22-49-42(29)37/h7-28,48H,1-6H3. The smallest absolute Gasteiger partial charge is 0.266 e. The van der Waals surface area contributed by atoms with Crippen LogP contribution < -0.4 is 16.5 Å². The van der Waals surface area contributed by atoms with Gasteiger partial charge in [-0.2, -0.15) is 0 Å². The number of fused-ring (bicyclic) bond motifs is 1. The number of thiophene rings is 1. The first kappa shape index (κ1) is 32.5. The molecular formula is C44H41BN2OS. The van der Waals surface area contributed by atoms with E-state index in [0.717, 1.165) is 39.1 Å². The van der Waals surface area contributed by atoms with Gasteiger partial charge in [0.1, 0.15) is 5.75 Å². The maximum absolute atomic E-state index is 11.0. The Kier molecular flexibility index (Phi) is 8.50. The first-order valence-electron chi connectivity index (χ1n) is 16.9. The number of benzene rings is 4. The molecule has 7 aromatic rings. The van der Waals surface area contributed by atoms with Gasteiger partial charge >= 0.3 is 0 Å². The Hall–Kier alpha value is -5.00. The van der Waals surface area contributed by atoms with E-state index in [9.17, 15) is 5.11 Å². The summed E-state index contributed by atoms with van der Waals surface area (Å²) >= 11 is 1.77. The molecule has 1 N–H and O–H groups in total. The lowest BCUT2D eigenvalue weighted by molar-refractivity contribution is 0.477. The third-order valence-electron chi connectivity index (χ3n) is 9.32. The second kappa shape index (κ2) is 12.8. The van der Waals surface area contributed by atoms with E-state index in [1.807, 2.05) is 30.5 Å². The summed E-state index contributed by atoms with van der Waals surface area (Å²) in [5, 5.41) is 14.4. The summed E-state index contributed by atoms with van der Waals surface area (Å²) in [4.78, 5) is 10.1. The predicted molar refractivity (Wildman–Crippen MR) is 210 cm³/mol. The summed E-state index contributed by atoms with van der Waals surface area (Å²) in [6, 6.07) is 42.4. The number of aromatic hydroxyl groups is 1. The Bertz CT molecular complexity index is 2250. The lowest BCUT2D eigenvalue weighted by Gasteiger charge is -2.26. The molecular weight excluding hydrogens is 615 g/mol. The van der Waals surface area contributed by atoms with Crippen molar-refractivity contribution in [2.45, 2.75) is 52.4 Å². The van der Waals surface area contributed by atoms with Crippen LogP contribution >= 0.6 is 11.3 Å². The van der Waals surface area contributed by atoms with Gasteiger partial charge in [-0.05, 0) is 97.3 Å². The van der Waals surface area contributed by atoms with Crippen LogP contribution in [-0.4, -0.2) is 21.8 Å². The molecule has 242 valence electrons. The summed E-state index contributed by atoms with van der Waals surface area (Å²) in [5.74, 6) is 0.213. The van der Waals surface area contributed by atoms with Crippen LogP contribution in [0.25, 0.3) is 43.7 Å². The maximum atomic E-state index is 11.0. The monoisotopic (exact) mass is 656 g/mol. The van der Waals surface area contributed by atoms with Gasteiger partial charge in [0.05, 0.1) is 11.4 Å². The van der Waals surface area contributed by atoms with Crippen LogP contribution in [0, 0.1) is 0 Å². The van der Waals surface area contributed by atoms with Gasteiger partial charge in [-0.25, -0.2) is 4.98 Å². The zero-order valence-electron chi connectivity index (χ0n) is 29.0. The first-order valence-corrected chi connectivity index (χ1v) is 17.8. The quantitative estimate of drug-likeness (QED) is 0.182. The zero-order chi connectivity index (χ0) is 34.3. The highest BCUT2D eigenvalue weighted by atomic mass is 32.1. The van der Waals surface area contributed by atoms with Crippen LogP contribution in [0.5, 0.6) is 5.75 Å². The topological polar surface area (TPSA) is 46.0 Å². The molecule has 0 spiro atoms. The molecule has 0 saturated heterocycles. The Morgan fingerprint density at radius 3 is 2.02 bits per heavy atom. The lowest BCUT2D eigenvalue weighted by atomic mass is 9.38. The van der Waals surface area contributed by atoms with Gasteiger partial charge in [0.2, 0.25) is 0 Å². The van der Waals surface area contributed by atoms with Crippen LogP contribution in [0.3, 0.4) is 0 Å². The summed E-state index contributed by atoms with van der Waals surface area (Å²) in [6.07, 6.45) is 1.88. The van der Waals surface area contributed by atoms with Crippen molar-refractivity contribution in [3.63, 3.8) is 0 Å². The number of aromatic nitrogens is 2. The molecule has 5 heteroatoms. The van der Waals surface area contributed by atoms with Gasteiger partial charge < -0.3 is 5.11 Å². The molecule has 4 aromatic carbocycles. The summed E-state index contributed by atoms with van der Waals surface area (Å²) < 4.78 is 1.28. The molecule has 7 rings (SSSR count). The zero-order valence-corrected chi connectivity index (χ0v) is 29.8. The molecule has 3 nitrogen and oxygen atoms in total. The molecule has 0 fully saturated rings. The van der Waals surface area contributed by atoms with Crippen molar-refractivity contribution in [3.05, 3.63) is 144 Å². The number of hydrogen-bond acceptors (Lipinski definition) is 4. The molecule has 0 unspecified atom stereocenters. The average Bonchev–Trinajstić information content (AvgIpc) is 3.58. The molecule has 49 heavy (non-hydrogen) atoms. The van der Waals surface area contributed by atoms with Gasteiger partial charge in [0, 0.05) is 22.1 Å². The van der Waals surface area contributed by atoms with Crippen LogP contribution in [0.1, 0.15) is 52.7 Å². The van der Waals surface area contributed by atoms with Crippen LogP contribution in [-0.2, 0) is 10.8 Å². The molecule has 0 amide bonds. The summed E-state index contributed by atoms with van der Waals surface area (Å²) in [7, 11) is 0. The molecule has 0 aliphatic heterocycles. The van der Waals surface area contributed by atoms with Crippen LogP contribution in [0.15, 0.2) is 133 Å². The predicted octanol–water partition coefficient (Wildman–Crippen LogP) is 9.51. The SMILES string of the molecule is CC(C)(C)c1cc(-c2cc(-c3cccc(B(c4ccccn4)c4cccc5ccsc45)c3)nc(-c3ccccc3O)c2)cc(C(C)(C)C)c1. The average molecular weight is 657 g/mol. The van der Waals surface area contributed by atoms with Gasteiger partial charge in [-0.15, -0.1) is 11.3 Å². The Morgan fingerprint density at radius 2 is 1.31 bits per heavy atom. The highest BCUT2D eigenvalue weighted by Gasteiger charge is 2.27. The first-order chi connectivity index (χ1) is 23.5. The number of phenolic OH excluding ortho intramolecular Hbond substituents is 1. The van der Waals surface area contributed by atoms with Crippen LogP contribution in [0.4, 0.5) is 0 Å². The normalized spacial score (nSPS) is 12.0. The number of rotatable bonds is 6. The molecule has 0 aliphatic carbocycles. The van der Waals surface area contributed by atoms with Gasteiger partial charge in [0.25, 0.3) is 6.71 Å². The largest absolute Gasteiger partial charge is 0.507 e. The minimum Gasteiger partial charge on any atom is -0.507 e. The lowest BCUT2D eigenvalue weighted by Crippen LogP contribution is -2.53. The molecule has 0 bridgehead atoms. The molecule has 0 aliphatic rings. The molecule has 0 saturated carbocycles. The van der Waals surface area contributed by atoms with Crippen LogP contribution in [0.2, 0.25) is 0 Å². The van der Waals surface area contributed by atoms with E-state index in [2.05, 4.69) is 138 Å². The number of pyridine rings is 2. The fraction of sp³-hybridized carbons (Fsp3) is 0.182. The van der Waals surface area contributed by atoms with E-state index < -0.39 is 0 Å². The van der Waals surface area contributed by atoms with Gasteiger partial charge in [-0.3, -0.25) is 4.98 Å². The Morgan fingerprint density at radius 1 is 0.612 bits per heavy atom. The van der Waals surface area contributed by atoms with E-state index in [4.69, 9.17) is 9.97 Å². The molecule has 0 atom stereocenters. The fourth-order valence-electron chi connectivity index (χ4n) is 6.51.